The maximum absolute atomic E-state index is 12.2. The quantitative estimate of drug-likeness (QED) is 0.766. The first-order valence-electron chi connectivity index (χ1n) is 9.10. The largest absolute Gasteiger partial charge is 0.497 e. The van der Waals surface area contributed by atoms with Crippen LogP contribution in [0, 0.1) is 5.92 Å². The lowest BCUT2D eigenvalue weighted by atomic mass is 10.0. The highest BCUT2D eigenvalue weighted by Crippen LogP contribution is 2.24. The number of fused-ring (bicyclic) bond motifs is 1. The summed E-state index contributed by atoms with van der Waals surface area (Å²) in [6.07, 6.45) is 1.04. The minimum Gasteiger partial charge on any atom is -0.497 e. The van der Waals surface area contributed by atoms with Crippen molar-refractivity contribution in [2.75, 3.05) is 7.11 Å². The van der Waals surface area contributed by atoms with Crippen molar-refractivity contribution >= 4 is 11.8 Å². The third-order valence-electron chi connectivity index (χ3n) is 4.72. The van der Waals surface area contributed by atoms with E-state index >= 15 is 0 Å². The van der Waals surface area contributed by atoms with E-state index in [1.807, 2.05) is 38.1 Å². The average molecular weight is 371 g/mol. The number of aromatic nitrogens is 3. The van der Waals surface area contributed by atoms with E-state index in [0.717, 1.165) is 17.0 Å². The van der Waals surface area contributed by atoms with E-state index in [1.165, 1.54) is 0 Å². The van der Waals surface area contributed by atoms with E-state index < -0.39 is 0 Å². The van der Waals surface area contributed by atoms with E-state index in [2.05, 4.69) is 20.9 Å². The van der Waals surface area contributed by atoms with Crippen molar-refractivity contribution in [1.82, 2.24) is 25.6 Å². The van der Waals surface area contributed by atoms with Crippen molar-refractivity contribution in [2.24, 2.45) is 5.92 Å². The molecule has 144 valence electrons. The Balaban J connectivity index is 1.55. The Kier molecular flexibility index (Phi) is 5.73. The maximum atomic E-state index is 12.2. The third-order valence-corrected chi connectivity index (χ3v) is 4.72. The molecule has 8 nitrogen and oxygen atoms in total. The second kappa shape index (κ2) is 8.20. The predicted octanol–water partition coefficient (Wildman–Crippen LogP) is 1.36. The number of rotatable bonds is 7. The zero-order valence-electron chi connectivity index (χ0n) is 15.9. The van der Waals surface area contributed by atoms with Crippen molar-refractivity contribution in [1.29, 1.82) is 0 Å². The average Bonchev–Trinajstić information content (AvgIpc) is 3.07. The molecular weight excluding hydrogens is 346 g/mol. The van der Waals surface area contributed by atoms with Gasteiger partial charge in [-0.15, -0.1) is 5.10 Å². The fourth-order valence-corrected chi connectivity index (χ4v) is 3.18. The van der Waals surface area contributed by atoms with Crippen LogP contribution in [-0.4, -0.2) is 33.9 Å². The van der Waals surface area contributed by atoms with Gasteiger partial charge in [0.2, 0.25) is 11.8 Å². The molecule has 1 aliphatic rings. The maximum Gasteiger partial charge on any atom is 0.245 e. The summed E-state index contributed by atoms with van der Waals surface area (Å²) in [7, 11) is 1.63. The molecule has 1 unspecified atom stereocenters. The van der Waals surface area contributed by atoms with Crippen LogP contribution < -0.4 is 15.4 Å². The molecule has 1 atom stereocenters. The molecule has 0 radical (unpaired) electrons. The van der Waals surface area contributed by atoms with Crippen LogP contribution in [0.2, 0.25) is 0 Å². The first-order chi connectivity index (χ1) is 13.0. The molecule has 1 aliphatic heterocycles. The van der Waals surface area contributed by atoms with Crippen LogP contribution in [-0.2, 0) is 29.1 Å². The molecule has 1 aromatic carbocycles. The van der Waals surface area contributed by atoms with Crippen LogP contribution in [0.15, 0.2) is 24.3 Å². The monoisotopic (exact) mass is 371 g/mol. The van der Waals surface area contributed by atoms with E-state index in [4.69, 9.17) is 4.74 Å². The molecule has 0 aliphatic carbocycles. The standard InChI is InChI=1S/C19H25N5O3/c1-12(2)18-19(26)21-11-16-15(22-23-24(16)18)10-20-17(25)9-6-13-4-7-14(27-3)8-5-13/h4-5,7-8,12,18H,6,9-11H2,1-3H3,(H,20,25)(H,21,26). The number of carbonyl (C=O) groups excluding carboxylic acids is 2. The topological polar surface area (TPSA) is 98.1 Å². The Bertz CT molecular complexity index is 813. The molecule has 1 aromatic heterocycles. The highest BCUT2D eigenvalue weighted by molar-refractivity contribution is 5.81. The van der Waals surface area contributed by atoms with Crippen molar-refractivity contribution in [2.45, 2.75) is 45.8 Å². The zero-order valence-corrected chi connectivity index (χ0v) is 15.9. The van der Waals surface area contributed by atoms with Crippen LogP contribution in [0.1, 0.15) is 43.3 Å². The second-order valence-electron chi connectivity index (χ2n) is 6.96. The van der Waals surface area contributed by atoms with Gasteiger partial charge in [0.15, 0.2) is 0 Å². The minimum atomic E-state index is -0.360. The van der Waals surface area contributed by atoms with Crippen LogP contribution >= 0.6 is 0 Å². The van der Waals surface area contributed by atoms with Crippen LogP contribution in [0.25, 0.3) is 0 Å². The lowest BCUT2D eigenvalue weighted by molar-refractivity contribution is -0.127. The number of aryl methyl sites for hydroxylation is 1. The number of nitrogens with one attached hydrogen (secondary N) is 2. The van der Waals surface area contributed by atoms with E-state index in [9.17, 15) is 9.59 Å². The van der Waals surface area contributed by atoms with Gasteiger partial charge in [-0.25, -0.2) is 4.68 Å². The predicted molar refractivity (Wildman–Crippen MR) is 98.9 cm³/mol. The number of nitrogens with zero attached hydrogens (tertiary/aromatic N) is 3. The molecule has 2 aromatic rings. The number of hydrogen-bond acceptors (Lipinski definition) is 5. The van der Waals surface area contributed by atoms with E-state index in [-0.39, 0.29) is 23.8 Å². The van der Waals surface area contributed by atoms with Gasteiger partial charge in [0.1, 0.15) is 17.5 Å². The van der Waals surface area contributed by atoms with Crippen LogP contribution in [0.4, 0.5) is 0 Å². The number of benzene rings is 1. The Morgan fingerprint density at radius 1 is 1.37 bits per heavy atom. The van der Waals surface area contributed by atoms with Crippen LogP contribution in [0.5, 0.6) is 5.75 Å². The summed E-state index contributed by atoms with van der Waals surface area (Å²) < 4.78 is 6.81. The fraction of sp³-hybridized carbons (Fsp3) is 0.474. The summed E-state index contributed by atoms with van der Waals surface area (Å²) in [5, 5.41) is 14.1. The van der Waals surface area contributed by atoms with Gasteiger partial charge in [0, 0.05) is 6.42 Å². The van der Waals surface area contributed by atoms with Crippen LogP contribution in [0.3, 0.4) is 0 Å². The third kappa shape index (κ3) is 4.27. The SMILES string of the molecule is COc1ccc(CCC(=O)NCc2nnn3c2CNC(=O)C3C(C)C)cc1. The van der Waals surface area contributed by atoms with Crippen molar-refractivity contribution in [3.63, 3.8) is 0 Å². The van der Waals surface area contributed by atoms with Gasteiger partial charge in [-0.05, 0) is 30.0 Å². The van der Waals surface area contributed by atoms with Gasteiger partial charge in [-0.2, -0.15) is 0 Å². The lowest BCUT2D eigenvalue weighted by Crippen LogP contribution is -2.42. The molecule has 0 bridgehead atoms. The summed E-state index contributed by atoms with van der Waals surface area (Å²) in [6, 6.07) is 7.32. The molecule has 8 heteroatoms. The zero-order chi connectivity index (χ0) is 19.4. The molecular formula is C19H25N5O3. The molecule has 2 heterocycles. The van der Waals surface area contributed by atoms with Gasteiger partial charge >= 0.3 is 0 Å². The normalized spacial score (nSPS) is 16.0. The molecule has 0 saturated carbocycles. The number of carbonyl (C=O) groups is 2. The molecule has 2 amide bonds. The first kappa shape index (κ1) is 18.9. The van der Waals surface area contributed by atoms with Gasteiger partial charge in [0.05, 0.1) is 25.9 Å². The molecule has 0 fully saturated rings. The number of hydrogen-bond donors (Lipinski definition) is 2. The van der Waals surface area contributed by atoms with E-state index in [1.54, 1.807) is 11.8 Å². The highest BCUT2D eigenvalue weighted by Gasteiger charge is 2.32. The Hall–Kier alpha value is -2.90. The number of ether oxygens (including phenoxy) is 1. The van der Waals surface area contributed by atoms with Crippen molar-refractivity contribution in [3.05, 3.63) is 41.2 Å². The van der Waals surface area contributed by atoms with Gasteiger partial charge in [-0.3, -0.25) is 9.59 Å². The molecule has 3 rings (SSSR count). The summed E-state index contributed by atoms with van der Waals surface area (Å²) in [4.78, 5) is 24.2. The first-order valence-corrected chi connectivity index (χ1v) is 9.10. The summed E-state index contributed by atoms with van der Waals surface area (Å²) in [5.74, 6) is 0.815. The molecule has 0 saturated heterocycles. The summed E-state index contributed by atoms with van der Waals surface area (Å²) in [5.41, 5.74) is 2.62. The Labute approximate surface area is 158 Å². The fourth-order valence-electron chi connectivity index (χ4n) is 3.18. The Morgan fingerprint density at radius 3 is 2.78 bits per heavy atom. The Morgan fingerprint density at radius 2 is 2.11 bits per heavy atom. The number of amides is 2. The smallest absolute Gasteiger partial charge is 0.245 e. The molecule has 0 spiro atoms. The number of methoxy groups -OCH3 is 1. The second-order valence-corrected chi connectivity index (χ2v) is 6.96. The highest BCUT2D eigenvalue weighted by atomic mass is 16.5. The van der Waals surface area contributed by atoms with Crippen molar-refractivity contribution < 1.29 is 14.3 Å². The summed E-state index contributed by atoms with van der Waals surface area (Å²) in [6.45, 7) is 4.63. The molecule has 27 heavy (non-hydrogen) atoms. The van der Waals surface area contributed by atoms with Gasteiger partial charge in [0.25, 0.3) is 0 Å². The summed E-state index contributed by atoms with van der Waals surface area (Å²) >= 11 is 0. The van der Waals surface area contributed by atoms with Crippen molar-refractivity contribution in [3.8, 4) is 5.75 Å². The molecule has 2 N–H and O–H groups in total. The van der Waals surface area contributed by atoms with Gasteiger partial charge < -0.3 is 15.4 Å². The van der Waals surface area contributed by atoms with Gasteiger partial charge in [-0.1, -0.05) is 31.2 Å². The lowest BCUT2D eigenvalue weighted by Gasteiger charge is -2.26. The minimum absolute atomic E-state index is 0.0440. The van der Waals surface area contributed by atoms with E-state index in [0.29, 0.717) is 31.6 Å².